The number of benzene rings is 2. The van der Waals surface area contributed by atoms with Crippen LogP contribution in [0.3, 0.4) is 0 Å². The summed E-state index contributed by atoms with van der Waals surface area (Å²) in [5.41, 5.74) is 2.43. The molecule has 13 heteroatoms. The second kappa shape index (κ2) is 9.63. The molecule has 2 aromatic heterocycles. The number of fused-ring (bicyclic) bond motifs is 1. The standard InChI is InChI=1S/C24H19F3N4O4S2/c25-24(26,27)16-4-6-17(7-5-16)35-21-3-1-2-15-12-31(9-8-19(15)21)22(32)20-11-29-23(30-20)37(33,34)13-18-10-28-14-36-18/h1-7,10-11,14H,8-9,12-13H2,(H,29,30). The van der Waals surface area contributed by atoms with E-state index in [0.29, 0.717) is 23.6 Å². The van der Waals surface area contributed by atoms with Gasteiger partial charge in [-0.3, -0.25) is 9.78 Å². The monoisotopic (exact) mass is 548 g/mol. The molecule has 192 valence electrons. The van der Waals surface area contributed by atoms with Crippen LogP contribution in [-0.2, 0) is 34.7 Å². The number of halogens is 3. The van der Waals surface area contributed by atoms with Crippen LogP contribution in [0.1, 0.15) is 32.1 Å². The first-order valence-corrected chi connectivity index (χ1v) is 13.5. The molecule has 0 atom stereocenters. The Labute approximate surface area is 213 Å². The summed E-state index contributed by atoms with van der Waals surface area (Å²) in [4.78, 5) is 25.7. The Morgan fingerprint density at radius 3 is 2.65 bits per heavy atom. The fourth-order valence-corrected chi connectivity index (χ4v) is 6.16. The Kier molecular flexibility index (Phi) is 6.50. The average Bonchev–Trinajstić information content (AvgIpc) is 3.56. The van der Waals surface area contributed by atoms with E-state index in [1.165, 1.54) is 41.4 Å². The lowest BCUT2D eigenvalue weighted by Crippen LogP contribution is -2.36. The Hall–Kier alpha value is -3.71. The Morgan fingerprint density at radius 1 is 1.16 bits per heavy atom. The van der Waals surface area contributed by atoms with Gasteiger partial charge in [0.15, 0.2) is 0 Å². The van der Waals surface area contributed by atoms with E-state index in [1.54, 1.807) is 17.0 Å². The summed E-state index contributed by atoms with van der Waals surface area (Å²) in [6.45, 7) is 0.573. The summed E-state index contributed by atoms with van der Waals surface area (Å²) in [6.07, 6.45) is -1.24. The molecule has 0 saturated heterocycles. The smallest absolute Gasteiger partial charge is 0.416 e. The van der Waals surface area contributed by atoms with Crippen LogP contribution in [0.15, 0.2) is 65.5 Å². The third kappa shape index (κ3) is 5.37. The van der Waals surface area contributed by atoms with Crippen molar-refractivity contribution >= 4 is 27.1 Å². The van der Waals surface area contributed by atoms with Crippen LogP contribution in [0.2, 0.25) is 0 Å². The molecule has 5 rings (SSSR count). The van der Waals surface area contributed by atoms with Gasteiger partial charge < -0.3 is 14.6 Å². The number of carbonyl (C=O) groups is 1. The van der Waals surface area contributed by atoms with Gasteiger partial charge in [0.25, 0.3) is 5.91 Å². The molecule has 1 aliphatic rings. The van der Waals surface area contributed by atoms with E-state index in [0.717, 1.165) is 23.3 Å². The minimum atomic E-state index is -4.43. The molecule has 8 nitrogen and oxygen atoms in total. The van der Waals surface area contributed by atoms with E-state index < -0.39 is 27.5 Å². The SMILES string of the molecule is O=C(c1c[nH]c(S(=O)(=O)Cc2cncs2)n1)N1CCc2c(cccc2Oc2ccc(C(F)(F)F)cc2)C1. The largest absolute Gasteiger partial charge is 0.457 e. The van der Waals surface area contributed by atoms with Gasteiger partial charge in [0.2, 0.25) is 15.0 Å². The third-order valence-corrected chi connectivity index (χ3v) is 8.26. The number of sulfone groups is 1. The van der Waals surface area contributed by atoms with E-state index in [4.69, 9.17) is 4.74 Å². The Balaban J connectivity index is 1.29. The second-order valence-electron chi connectivity index (χ2n) is 8.31. The highest BCUT2D eigenvalue weighted by Crippen LogP contribution is 2.34. The summed E-state index contributed by atoms with van der Waals surface area (Å²) in [5.74, 6) is 0.0803. The summed E-state index contributed by atoms with van der Waals surface area (Å²) < 4.78 is 69.6. The lowest BCUT2D eigenvalue weighted by molar-refractivity contribution is -0.137. The van der Waals surface area contributed by atoms with E-state index in [1.807, 2.05) is 6.07 Å². The zero-order valence-corrected chi connectivity index (χ0v) is 20.7. The highest BCUT2D eigenvalue weighted by molar-refractivity contribution is 7.90. The number of nitrogens with zero attached hydrogens (tertiary/aromatic N) is 3. The molecule has 0 aliphatic carbocycles. The van der Waals surface area contributed by atoms with Crippen molar-refractivity contribution in [2.45, 2.75) is 30.1 Å². The van der Waals surface area contributed by atoms with Crippen LogP contribution in [0, 0.1) is 0 Å². The van der Waals surface area contributed by atoms with Gasteiger partial charge in [-0.05, 0) is 42.3 Å². The predicted octanol–water partition coefficient (Wildman–Crippen LogP) is 4.85. The first kappa shape index (κ1) is 25.0. The molecule has 3 heterocycles. The Bertz CT molecular complexity index is 1530. The average molecular weight is 549 g/mol. The fourth-order valence-electron chi connectivity index (χ4n) is 3.99. The number of carbonyl (C=O) groups excluding carboxylic acids is 1. The lowest BCUT2D eigenvalue weighted by atomic mass is 9.98. The van der Waals surface area contributed by atoms with Gasteiger partial charge >= 0.3 is 6.18 Å². The van der Waals surface area contributed by atoms with Crippen molar-refractivity contribution in [3.63, 3.8) is 0 Å². The number of thiazole rings is 1. The topological polar surface area (TPSA) is 105 Å². The molecule has 37 heavy (non-hydrogen) atoms. The normalized spacial score (nSPS) is 13.9. The molecule has 2 aromatic carbocycles. The first-order chi connectivity index (χ1) is 17.6. The number of hydrogen-bond donors (Lipinski definition) is 1. The highest BCUT2D eigenvalue weighted by atomic mass is 32.2. The third-order valence-electron chi connectivity index (χ3n) is 5.80. The number of alkyl halides is 3. The van der Waals surface area contributed by atoms with Gasteiger partial charge in [0, 0.05) is 35.9 Å². The van der Waals surface area contributed by atoms with Crippen LogP contribution >= 0.6 is 11.3 Å². The Morgan fingerprint density at radius 2 is 1.95 bits per heavy atom. The van der Waals surface area contributed by atoms with Gasteiger partial charge in [0.1, 0.15) is 17.2 Å². The van der Waals surface area contributed by atoms with Gasteiger partial charge in [-0.1, -0.05) is 12.1 Å². The molecular weight excluding hydrogens is 529 g/mol. The second-order valence-corrected chi connectivity index (χ2v) is 11.2. The lowest BCUT2D eigenvalue weighted by Gasteiger charge is -2.29. The summed E-state index contributed by atoms with van der Waals surface area (Å²) in [5, 5.41) is -0.283. The molecule has 0 unspecified atom stereocenters. The number of nitrogens with one attached hydrogen (secondary N) is 1. The number of hydrogen-bond acceptors (Lipinski definition) is 7. The minimum Gasteiger partial charge on any atom is -0.457 e. The van der Waals surface area contributed by atoms with Crippen molar-refractivity contribution in [3.8, 4) is 11.5 Å². The van der Waals surface area contributed by atoms with Crippen LogP contribution in [-0.4, -0.2) is 40.7 Å². The maximum atomic E-state index is 13.1. The molecule has 1 amide bonds. The zero-order valence-electron chi connectivity index (χ0n) is 19.0. The van der Waals surface area contributed by atoms with Gasteiger partial charge in [-0.25, -0.2) is 13.4 Å². The maximum Gasteiger partial charge on any atom is 0.416 e. The van der Waals surface area contributed by atoms with Crippen molar-refractivity contribution in [1.29, 1.82) is 0 Å². The minimum absolute atomic E-state index is 0.0107. The molecule has 0 bridgehead atoms. The van der Waals surface area contributed by atoms with Crippen molar-refractivity contribution in [1.82, 2.24) is 19.9 Å². The predicted molar refractivity (Wildman–Crippen MR) is 128 cm³/mol. The van der Waals surface area contributed by atoms with Crippen molar-refractivity contribution in [2.24, 2.45) is 0 Å². The van der Waals surface area contributed by atoms with E-state index in [2.05, 4.69) is 15.0 Å². The van der Waals surface area contributed by atoms with Crippen LogP contribution in [0.5, 0.6) is 11.5 Å². The van der Waals surface area contributed by atoms with Crippen LogP contribution in [0.25, 0.3) is 0 Å². The fraction of sp³-hybridized carbons (Fsp3) is 0.208. The molecule has 0 spiro atoms. The van der Waals surface area contributed by atoms with Crippen LogP contribution < -0.4 is 4.74 Å². The van der Waals surface area contributed by atoms with Gasteiger partial charge in [0.05, 0.1) is 16.8 Å². The quantitative estimate of drug-likeness (QED) is 0.369. The molecule has 0 fully saturated rings. The number of imidazole rings is 1. The van der Waals surface area contributed by atoms with E-state index in [9.17, 15) is 26.4 Å². The number of rotatable bonds is 6. The van der Waals surface area contributed by atoms with Crippen molar-refractivity contribution in [3.05, 3.63) is 87.6 Å². The molecular formula is C24H19F3N4O4S2. The summed E-state index contributed by atoms with van der Waals surface area (Å²) >= 11 is 1.21. The summed E-state index contributed by atoms with van der Waals surface area (Å²) in [7, 11) is -3.77. The van der Waals surface area contributed by atoms with Crippen LogP contribution in [0.4, 0.5) is 13.2 Å². The number of aromatic nitrogens is 3. The number of H-pyrrole nitrogens is 1. The number of ether oxygens (including phenoxy) is 1. The first-order valence-electron chi connectivity index (χ1n) is 11.0. The summed E-state index contributed by atoms with van der Waals surface area (Å²) in [6, 6.07) is 9.75. The van der Waals surface area contributed by atoms with E-state index >= 15 is 0 Å². The van der Waals surface area contributed by atoms with Crippen molar-refractivity contribution in [2.75, 3.05) is 6.54 Å². The van der Waals surface area contributed by atoms with Gasteiger partial charge in [-0.2, -0.15) is 13.2 Å². The molecule has 0 saturated carbocycles. The van der Waals surface area contributed by atoms with E-state index in [-0.39, 0.29) is 28.9 Å². The number of aromatic amines is 1. The highest BCUT2D eigenvalue weighted by Gasteiger charge is 2.30. The molecule has 1 aliphatic heterocycles. The molecule has 4 aromatic rings. The maximum absolute atomic E-state index is 13.1. The zero-order chi connectivity index (χ0) is 26.2. The molecule has 0 radical (unpaired) electrons. The van der Waals surface area contributed by atoms with Crippen molar-refractivity contribution < 1.29 is 31.1 Å². The number of amides is 1. The molecule has 1 N–H and O–H groups in total. The van der Waals surface area contributed by atoms with Gasteiger partial charge in [-0.15, -0.1) is 11.3 Å².